The van der Waals surface area contributed by atoms with Gasteiger partial charge in [-0.3, -0.25) is 4.79 Å². The van der Waals surface area contributed by atoms with E-state index in [4.69, 9.17) is 21.1 Å². The molecule has 0 spiro atoms. The molecule has 0 aliphatic heterocycles. The summed E-state index contributed by atoms with van der Waals surface area (Å²) in [5.41, 5.74) is -2.50. The Bertz CT molecular complexity index is 994. The molecule has 1 fully saturated rings. The molecule has 0 saturated heterocycles. The molecule has 2 aromatic rings. The molecule has 1 saturated carbocycles. The number of esters is 1. The van der Waals surface area contributed by atoms with Gasteiger partial charge in [0.2, 0.25) is 5.88 Å². The summed E-state index contributed by atoms with van der Waals surface area (Å²) in [4.78, 5) is 28.2. The van der Waals surface area contributed by atoms with E-state index in [-0.39, 0.29) is 35.3 Å². The fourth-order valence-corrected chi connectivity index (χ4v) is 3.07. The van der Waals surface area contributed by atoms with Crippen LogP contribution in [0.15, 0.2) is 24.4 Å². The minimum absolute atomic E-state index is 0.0391. The topological polar surface area (TPSA) is 83.3 Å². The summed E-state index contributed by atoms with van der Waals surface area (Å²) in [6.45, 7) is 4.67. The number of Topliss-reactive ketones (excluding diaryl/α,β-unsaturated/α-hetero) is 1. The average molecular weight is 460 g/mol. The normalized spacial score (nSPS) is 15.5. The molecule has 0 atom stereocenters. The van der Waals surface area contributed by atoms with Crippen molar-refractivity contribution < 1.29 is 32.2 Å². The predicted molar refractivity (Wildman–Crippen MR) is 104 cm³/mol. The highest BCUT2D eigenvalue weighted by molar-refractivity contribution is 6.32. The number of nitrogens with zero attached hydrogens (tertiary/aromatic N) is 3. The molecule has 3 rings (SSSR count). The number of aromatic nitrogens is 3. The van der Waals surface area contributed by atoms with Crippen LogP contribution in [0.5, 0.6) is 5.88 Å². The third kappa shape index (κ3) is 5.55. The van der Waals surface area contributed by atoms with E-state index in [1.807, 2.05) is 0 Å². The highest BCUT2D eigenvalue weighted by atomic mass is 35.5. The van der Waals surface area contributed by atoms with E-state index < -0.39 is 42.0 Å². The molecule has 0 bridgehead atoms. The zero-order valence-corrected chi connectivity index (χ0v) is 17.9. The number of pyridine rings is 1. The van der Waals surface area contributed by atoms with Crippen LogP contribution in [0.2, 0.25) is 5.15 Å². The number of rotatable bonds is 7. The van der Waals surface area contributed by atoms with Crippen molar-refractivity contribution in [3.05, 3.63) is 35.1 Å². The molecular weight excluding hydrogens is 439 g/mol. The first kappa shape index (κ1) is 23.1. The zero-order chi connectivity index (χ0) is 23.0. The first-order valence-electron chi connectivity index (χ1n) is 9.47. The van der Waals surface area contributed by atoms with Crippen molar-refractivity contribution in [2.24, 2.45) is 5.41 Å². The molecule has 0 aromatic carbocycles. The lowest BCUT2D eigenvalue weighted by atomic mass is 9.99. The van der Waals surface area contributed by atoms with E-state index in [1.54, 1.807) is 20.8 Å². The van der Waals surface area contributed by atoms with Crippen molar-refractivity contribution in [2.75, 3.05) is 6.61 Å². The van der Waals surface area contributed by atoms with Crippen LogP contribution in [-0.4, -0.2) is 44.9 Å². The highest BCUT2D eigenvalue weighted by Gasteiger charge is 2.63. The lowest BCUT2D eigenvalue weighted by molar-refractivity contribution is -0.190. The van der Waals surface area contributed by atoms with Gasteiger partial charge in [-0.1, -0.05) is 11.6 Å². The van der Waals surface area contributed by atoms with Gasteiger partial charge in [-0.15, -0.1) is 5.10 Å². The molecule has 168 valence electrons. The number of hydrogen-bond donors (Lipinski definition) is 0. The van der Waals surface area contributed by atoms with Crippen molar-refractivity contribution in [1.29, 1.82) is 0 Å². The Morgan fingerprint density at radius 3 is 2.42 bits per heavy atom. The highest BCUT2D eigenvalue weighted by Crippen LogP contribution is 2.60. The Hall–Kier alpha value is -2.62. The van der Waals surface area contributed by atoms with Crippen LogP contribution in [0.4, 0.5) is 13.2 Å². The molecule has 2 aromatic heterocycles. The van der Waals surface area contributed by atoms with E-state index in [0.29, 0.717) is 0 Å². The molecule has 2 heterocycles. The minimum Gasteiger partial charge on any atom is -0.469 e. The number of ketones is 1. The smallest absolute Gasteiger partial charge is 0.394 e. The molecule has 0 amide bonds. The molecule has 0 unspecified atom stereocenters. The van der Waals surface area contributed by atoms with Crippen LogP contribution < -0.4 is 4.74 Å². The van der Waals surface area contributed by atoms with Crippen LogP contribution in [0, 0.1) is 5.41 Å². The van der Waals surface area contributed by atoms with Crippen LogP contribution >= 0.6 is 11.6 Å². The summed E-state index contributed by atoms with van der Waals surface area (Å²) in [5, 5.41) is 3.99. The molecule has 1 aliphatic rings. The van der Waals surface area contributed by atoms with Gasteiger partial charge in [0.25, 0.3) is 0 Å². The fraction of sp³-hybridized carbons (Fsp3) is 0.500. The van der Waals surface area contributed by atoms with Crippen LogP contribution in [-0.2, 0) is 9.53 Å². The van der Waals surface area contributed by atoms with Gasteiger partial charge in [0.1, 0.15) is 17.4 Å². The van der Waals surface area contributed by atoms with Crippen LogP contribution in [0.3, 0.4) is 0 Å². The van der Waals surface area contributed by atoms with Gasteiger partial charge in [-0.25, -0.2) is 14.5 Å². The number of hydrogen-bond acceptors (Lipinski definition) is 6. The molecule has 1 aliphatic carbocycles. The van der Waals surface area contributed by atoms with Crippen molar-refractivity contribution >= 4 is 23.4 Å². The molecule has 7 nitrogen and oxygen atoms in total. The maximum Gasteiger partial charge on any atom is 0.394 e. The van der Waals surface area contributed by atoms with E-state index in [2.05, 4.69) is 10.1 Å². The minimum atomic E-state index is -4.39. The third-order valence-corrected chi connectivity index (χ3v) is 4.91. The maximum absolute atomic E-state index is 12.9. The summed E-state index contributed by atoms with van der Waals surface area (Å²) < 4.78 is 50.6. The van der Waals surface area contributed by atoms with E-state index >= 15 is 0 Å². The lowest BCUT2D eigenvalue weighted by Gasteiger charge is -2.19. The zero-order valence-electron chi connectivity index (χ0n) is 17.1. The summed E-state index contributed by atoms with van der Waals surface area (Å²) in [7, 11) is 0. The summed E-state index contributed by atoms with van der Waals surface area (Å²) in [6.07, 6.45) is -3.59. The van der Waals surface area contributed by atoms with Crippen molar-refractivity contribution in [1.82, 2.24) is 14.8 Å². The lowest BCUT2D eigenvalue weighted by Crippen LogP contribution is -2.29. The predicted octanol–water partition coefficient (Wildman–Crippen LogP) is 4.56. The average Bonchev–Trinajstić information content (AvgIpc) is 3.26. The number of halogens is 4. The second-order valence-electron chi connectivity index (χ2n) is 8.39. The van der Waals surface area contributed by atoms with E-state index in [1.165, 1.54) is 29.1 Å². The van der Waals surface area contributed by atoms with E-state index in [0.717, 1.165) is 0 Å². The summed E-state index contributed by atoms with van der Waals surface area (Å²) >= 11 is 6.10. The molecular formula is C20H21ClF3N3O4. The van der Waals surface area contributed by atoms with Gasteiger partial charge in [0.05, 0.1) is 11.0 Å². The Balaban J connectivity index is 1.61. The largest absolute Gasteiger partial charge is 0.469 e. The monoisotopic (exact) mass is 459 g/mol. The quantitative estimate of drug-likeness (QED) is 0.446. The van der Waals surface area contributed by atoms with Crippen molar-refractivity contribution in [2.45, 2.75) is 51.8 Å². The standard InChI is InChI=1S/C20H21ClF3N3O4/c1-18(2,3)31-17(29)13-4-5-14(25-16(13)21)27-9-6-15(26-27)30-11-12(28)10-19(7-8-19)20(22,23)24/h4-6,9H,7-8,10-11H2,1-3H3. The molecule has 0 N–H and O–H groups in total. The Kier molecular flexibility index (Phi) is 6.05. The van der Waals surface area contributed by atoms with Gasteiger partial charge in [-0.05, 0) is 45.7 Å². The van der Waals surface area contributed by atoms with Crippen molar-refractivity contribution in [3.8, 4) is 11.7 Å². The molecule has 0 radical (unpaired) electrons. The SMILES string of the molecule is CC(C)(C)OC(=O)c1ccc(-n2ccc(OCC(=O)CC3(C(F)(F)F)CC3)n2)nc1Cl. The Morgan fingerprint density at radius 1 is 1.19 bits per heavy atom. The second-order valence-corrected chi connectivity index (χ2v) is 8.75. The van der Waals surface area contributed by atoms with Gasteiger partial charge in [0.15, 0.2) is 11.6 Å². The molecule has 11 heteroatoms. The Labute approximate surface area is 181 Å². The van der Waals surface area contributed by atoms with E-state index in [9.17, 15) is 22.8 Å². The van der Waals surface area contributed by atoms with Gasteiger partial charge in [-0.2, -0.15) is 13.2 Å². The van der Waals surface area contributed by atoms with Crippen molar-refractivity contribution in [3.63, 3.8) is 0 Å². The summed E-state index contributed by atoms with van der Waals surface area (Å²) in [5.74, 6) is -0.953. The summed E-state index contributed by atoms with van der Waals surface area (Å²) in [6, 6.07) is 4.37. The van der Waals surface area contributed by atoms with Crippen LogP contribution in [0.25, 0.3) is 5.82 Å². The Morgan fingerprint density at radius 2 is 1.87 bits per heavy atom. The maximum atomic E-state index is 12.9. The van der Waals surface area contributed by atoms with Gasteiger partial charge < -0.3 is 9.47 Å². The van der Waals surface area contributed by atoms with Crippen LogP contribution in [0.1, 0.15) is 50.4 Å². The third-order valence-electron chi connectivity index (χ3n) is 4.62. The van der Waals surface area contributed by atoms with Gasteiger partial charge in [0, 0.05) is 18.7 Å². The van der Waals surface area contributed by atoms with Gasteiger partial charge >= 0.3 is 12.1 Å². The number of carbonyl (C=O) groups excluding carboxylic acids is 2. The number of alkyl halides is 3. The molecule has 31 heavy (non-hydrogen) atoms. The second kappa shape index (κ2) is 8.14. The first-order chi connectivity index (χ1) is 14.3. The fourth-order valence-electron chi connectivity index (χ4n) is 2.84. The number of ether oxygens (including phenoxy) is 2. The number of carbonyl (C=O) groups is 2. The first-order valence-corrected chi connectivity index (χ1v) is 9.85.